The van der Waals surface area contributed by atoms with Crippen LogP contribution in [-0.4, -0.2) is 38.5 Å². The van der Waals surface area contributed by atoms with Gasteiger partial charge in [-0.3, -0.25) is 0 Å². The van der Waals surface area contributed by atoms with Gasteiger partial charge in [-0.1, -0.05) is 25.5 Å². The summed E-state index contributed by atoms with van der Waals surface area (Å²) in [7, 11) is -4.68. The van der Waals surface area contributed by atoms with E-state index in [4.69, 9.17) is 5.11 Å². The van der Waals surface area contributed by atoms with Gasteiger partial charge in [0.25, 0.3) is 0 Å². The van der Waals surface area contributed by atoms with Crippen molar-refractivity contribution in [3.8, 4) is 0 Å². The smallest absolute Gasteiger partial charge is 0.395 e. The lowest BCUT2D eigenvalue weighted by atomic mass is 10.00. The first-order valence-corrected chi connectivity index (χ1v) is 8.66. The fraction of sp³-hybridized carbons (Fsp3) is 0.571. The van der Waals surface area contributed by atoms with E-state index >= 15 is 0 Å². The second-order valence-corrected chi connectivity index (χ2v) is 7.08. The number of aryl methyl sites for hydroxylation is 1. The lowest BCUT2D eigenvalue weighted by molar-refractivity contribution is -0.292. The van der Waals surface area contributed by atoms with Crippen LogP contribution in [0, 0.1) is 5.92 Å². The lowest BCUT2D eigenvalue weighted by Crippen LogP contribution is -2.54. The van der Waals surface area contributed by atoms with Crippen molar-refractivity contribution in [1.29, 1.82) is 0 Å². The molecule has 0 heterocycles. The fourth-order valence-corrected chi connectivity index (χ4v) is 3.48. The number of benzene rings is 1. The van der Waals surface area contributed by atoms with Gasteiger partial charge in [-0.05, 0) is 24.1 Å². The topological polar surface area (TPSA) is 66.4 Å². The lowest BCUT2D eigenvalue weighted by Gasteiger charge is -2.29. The van der Waals surface area contributed by atoms with Gasteiger partial charge < -0.3 is 5.11 Å². The number of hydrogen-bond acceptors (Lipinski definition) is 3. The molecule has 25 heavy (non-hydrogen) atoms. The third kappa shape index (κ3) is 5.86. The molecule has 0 radical (unpaired) electrons. The summed E-state index contributed by atoms with van der Waals surface area (Å²) in [5, 5.41) is 8.92. The summed E-state index contributed by atoms with van der Waals surface area (Å²) in [5.74, 6) is -4.03. The fourth-order valence-electron chi connectivity index (χ4n) is 2.24. The summed E-state index contributed by atoms with van der Waals surface area (Å²) < 4.78 is 102. The molecule has 0 spiro atoms. The Labute approximate surface area is 140 Å². The van der Waals surface area contributed by atoms with E-state index in [0.717, 1.165) is 24.1 Å². The highest BCUT2D eigenvalue weighted by Crippen LogP contribution is 2.41. The van der Waals surface area contributed by atoms with Crippen molar-refractivity contribution < 1.29 is 39.9 Å². The number of nitrogens with one attached hydrogen (secondary N) is 1. The van der Waals surface area contributed by atoms with Crippen LogP contribution in [0.2, 0.25) is 0 Å². The van der Waals surface area contributed by atoms with E-state index in [-0.39, 0.29) is 0 Å². The number of sulfonamides is 1. The van der Waals surface area contributed by atoms with Gasteiger partial charge in [0.15, 0.2) is 5.92 Å². The molecule has 0 aliphatic rings. The Morgan fingerprint density at radius 3 is 1.88 bits per heavy atom. The summed E-state index contributed by atoms with van der Waals surface area (Å²) in [6, 6.07) is 2.20. The predicted octanol–water partition coefficient (Wildman–Crippen LogP) is 3.02. The zero-order chi connectivity index (χ0) is 19.5. The Morgan fingerprint density at radius 2 is 1.52 bits per heavy atom. The van der Waals surface area contributed by atoms with E-state index in [0.29, 0.717) is 6.42 Å². The summed E-state index contributed by atoms with van der Waals surface area (Å²) in [6.45, 7) is 0.212. The minimum Gasteiger partial charge on any atom is -0.395 e. The number of halogens is 6. The first-order valence-electron chi connectivity index (χ1n) is 7.18. The molecule has 1 aromatic carbocycles. The van der Waals surface area contributed by atoms with Crippen molar-refractivity contribution >= 4 is 10.0 Å². The van der Waals surface area contributed by atoms with Crippen LogP contribution in [0.3, 0.4) is 0 Å². The largest absolute Gasteiger partial charge is 0.402 e. The highest BCUT2D eigenvalue weighted by atomic mass is 32.2. The Hall–Kier alpha value is -1.33. The normalized spacial score (nSPS) is 14.8. The molecule has 1 rings (SSSR count). The number of aliphatic hydroxyl groups excluding tert-OH is 1. The van der Waals surface area contributed by atoms with Crippen molar-refractivity contribution in [2.75, 3.05) is 6.61 Å². The van der Waals surface area contributed by atoms with E-state index in [1.807, 2.05) is 6.92 Å². The van der Waals surface area contributed by atoms with Crippen LogP contribution in [-0.2, 0) is 16.4 Å². The van der Waals surface area contributed by atoms with E-state index in [1.165, 1.54) is 16.9 Å². The second kappa shape index (κ2) is 7.92. The van der Waals surface area contributed by atoms with E-state index in [1.54, 1.807) is 0 Å². The first kappa shape index (κ1) is 21.7. The third-order valence-electron chi connectivity index (χ3n) is 3.38. The molecule has 0 aliphatic carbocycles. The predicted molar refractivity (Wildman–Crippen MR) is 77.2 cm³/mol. The maximum Gasteiger partial charge on any atom is 0.402 e. The summed E-state index contributed by atoms with van der Waals surface area (Å²) in [4.78, 5) is -0.492. The van der Waals surface area contributed by atoms with Crippen LogP contribution in [0.4, 0.5) is 26.3 Å². The summed E-state index contributed by atoms with van der Waals surface area (Å²) in [6.07, 6.45) is -10.1. The van der Waals surface area contributed by atoms with E-state index in [9.17, 15) is 34.8 Å². The van der Waals surface area contributed by atoms with Crippen LogP contribution in [0.5, 0.6) is 0 Å². The quantitative estimate of drug-likeness (QED) is 0.700. The molecule has 0 amide bonds. The monoisotopic (exact) mass is 393 g/mol. The Balaban J connectivity index is 3.13. The van der Waals surface area contributed by atoms with Gasteiger partial charge in [0.05, 0.1) is 17.5 Å². The molecule has 0 bridgehead atoms. The zero-order valence-corrected chi connectivity index (χ0v) is 13.8. The van der Waals surface area contributed by atoms with Crippen LogP contribution in [0.1, 0.15) is 18.9 Å². The van der Waals surface area contributed by atoms with E-state index in [2.05, 4.69) is 0 Å². The highest BCUT2D eigenvalue weighted by molar-refractivity contribution is 7.89. The Morgan fingerprint density at radius 1 is 1.04 bits per heavy atom. The van der Waals surface area contributed by atoms with Gasteiger partial charge in [0.2, 0.25) is 10.0 Å². The molecule has 1 atom stereocenters. The average molecular weight is 393 g/mol. The summed E-state index contributed by atoms with van der Waals surface area (Å²) in [5.41, 5.74) is 0.767. The molecule has 1 aromatic rings. The van der Waals surface area contributed by atoms with Crippen molar-refractivity contribution in [2.45, 2.75) is 43.1 Å². The number of aliphatic hydroxyl groups is 1. The minimum absolute atomic E-state index is 0.492. The van der Waals surface area contributed by atoms with Crippen molar-refractivity contribution in [1.82, 2.24) is 4.72 Å². The molecule has 0 saturated carbocycles. The molecule has 0 saturated heterocycles. The van der Waals surface area contributed by atoms with Gasteiger partial charge >= 0.3 is 12.4 Å². The standard InChI is InChI=1S/C14H17F6NO3S/c1-2-3-9-4-6-10(7-5-9)25(23,24)21-11(8-22)12(13(15,16)17)14(18,19)20/h4-7,11-12,21-22H,2-3,8H2,1H3. The number of rotatable bonds is 7. The molecule has 0 aliphatic heterocycles. The van der Waals surface area contributed by atoms with Crippen LogP contribution >= 0.6 is 0 Å². The highest BCUT2D eigenvalue weighted by Gasteiger charge is 2.60. The Bertz CT molecular complexity index is 641. The van der Waals surface area contributed by atoms with Gasteiger partial charge in [0.1, 0.15) is 0 Å². The molecule has 4 nitrogen and oxygen atoms in total. The van der Waals surface area contributed by atoms with Gasteiger partial charge in [-0.2, -0.15) is 26.3 Å². The maximum absolute atomic E-state index is 12.7. The Kier molecular flexibility index (Phi) is 6.88. The molecule has 2 N–H and O–H groups in total. The molecule has 0 fully saturated rings. The third-order valence-corrected chi connectivity index (χ3v) is 4.89. The molecule has 144 valence electrons. The molecule has 0 aromatic heterocycles. The van der Waals surface area contributed by atoms with E-state index < -0.39 is 45.8 Å². The molecule has 11 heteroatoms. The molecular formula is C14H17F6NO3S. The van der Waals surface area contributed by atoms with Gasteiger partial charge in [-0.25, -0.2) is 13.1 Å². The SMILES string of the molecule is CCCc1ccc(S(=O)(=O)NC(CO)C(C(F)(F)F)C(F)(F)F)cc1. The number of hydrogen-bond donors (Lipinski definition) is 2. The minimum atomic E-state index is -5.78. The van der Waals surface area contributed by atoms with Crippen molar-refractivity contribution in [3.63, 3.8) is 0 Å². The average Bonchev–Trinajstić information content (AvgIpc) is 2.44. The van der Waals surface area contributed by atoms with Crippen LogP contribution in [0.15, 0.2) is 29.2 Å². The molecule has 1 unspecified atom stereocenters. The van der Waals surface area contributed by atoms with Crippen LogP contribution < -0.4 is 4.72 Å². The second-order valence-electron chi connectivity index (χ2n) is 5.37. The van der Waals surface area contributed by atoms with Gasteiger partial charge in [-0.15, -0.1) is 0 Å². The number of alkyl halides is 6. The zero-order valence-electron chi connectivity index (χ0n) is 13.0. The van der Waals surface area contributed by atoms with Crippen molar-refractivity contribution in [3.05, 3.63) is 29.8 Å². The first-order chi connectivity index (χ1) is 11.3. The summed E-state index contributed by atoms with van der Waals surface area (Å²) >= 11 is 0. The van der Waals surface area contributed by atoms with Crippen LogP contribution in [0.25, 0.3) is 0 Å². The maximum atomic E-state index is 12.7. The molecular weight excluding hydrogens is 376 g/mol. The van der Waals surface area contributed by atoms with Gasteiger partial charge in [0, 0.05) is 0 Å². The van der Waals surface area contributed by atoms with Crippen molar-refractivity contribution in [2.24, 2.45) is 5.92 Å².